The van der Waals surface area contributed by atoms with Crippen molar-refractivity contribution in [1.29, 1.82) is 0 Å². The van der Waals surface area contributed by atoms with Crippen LogP contribution >= 0.6 is 0 Å². The number of hydrogen-bond donors (Lipinski definition) is 1. The lowest BCUT2D eigenvalue weighted by Crippen LogP contribution is -1.93. The van der Waals surface area contributed by atoms with Gasteiger partial charge in [-0.1, -0.05) is 50.5 Å². The molecule has 104 valence electrons. The number of aliphatic carboxylic acids is 1. The molecule has 0 bridgehead atoms. The van der Waals surface area contributed by atoms with Gasteiger partial charge in [-0.15, -0.1) is 0 Å². The molecule has 1 N–H and O–H groups in total. The normalized spacial score (nSPS) is 11.6. The Bertz CT molecular complexity index is 241. The van der Waals surface area contributed by atoms with E-state index < -0.39 is 5.97 Å². The Morgan fingerprint density at radius 1 is 0.889 bits per heavy atom. The second-order valence-electron chi connectivity index (χ2n) is 4.67. The third kappa shape index (κ3) is 14.9. The van der Waals surface area contributed by atoms with E-state index in [4.69, 9.17) is 5.11 Å². The van der Waals surface area contributed by atoms with Gasteiger partial charge in [0.05, 0.1) is 0 Å². The summed E-state index contributed by atoms with van der Waals surface area (Å²) in [5.74, 6) is -0.682. The van der Waals surface area contributed by atoms with Crippen LogP contribution in [0.4, 0.5) is 0 Å². The van der Waals surface area contributed by atoms with Crippen molar-refractivity contribution in [2.75, 3.05) is 0 Å². The van der Waals surface area contributed by atoms with E-state index in [1.165, 1.54) is 25.7 Å². The zero-order valence-electron chi connectivity index (χ0n) is 11.7. The molecule has 0 amide bonds. The lowest BCUT2D eigenvalue weighted by Gasteiger charge is -1.95. The largest absolute Gasteiger partial charge is 0.481 e. The van der Waals surface area contributed by atoms with E-state index in [2.05, 4.69) is 31.2 Å². The Kier molecular flexibility index (Phi) is 13.2. The Balaban J connectivity index is 3.20. The van der Waals surface area contributed by atoms with Crippen LogP contribution in [0.5, 0.6) is 0 Å². The molecule has 18 heavy (non-hydrogen) atoms. The number of carbonyl (C=O) groups is 1. The summed E-state index contributed by atoms with van der Waals surface area (Å²) >= 11 is 0. The predicted molar refractivity (Wildman–Crippen MR) is 77.8 cm³/mol. The molecule has 0 radical (unpaired) electrons. The average Bonchev–Trinajstić information content (AvgIpc) is 2.34. The molecule has 0 aliphatic heterocycles. The Hall–Kier alpha value is -1.05. The van der Waals surface area contributed by atoms with Crippen LogP contribution in [0.2, 0.25) is 0 Å². The van der Waals surface area contributed by atoms with Crippen LogP contribution in [0.1, 0.15) is 71.1 Å². The van der Waals surface area contributed by atoms with Crippen LogP contribution in [0.3, 0.4) is 0 Å². The van der Waals surface area contributed by atoms with Crippen molar-refractivity contribution in [3.05, 3.63) is 24.3 Å². The summed E-state index contributed by atoms with van der Waals surface area (Å²) < 4.78 is 0. The number of carboxylic acids is 1. The van der Waals surface area contributed by atoms with Crippen molar-refractivity contribution < 1.29 is 9.90 Å². The zero-order chi connectivity index (χ0) is 13.5. The first-order valence-electron chi connectivity index (χ1n) is 7.29. The van der Waals surface area contributed by atoms with Gasteiger partial charge < -0.3 is 5.11 Å². The van der Waals surface area contributed by atoms with E-state index in [0.29, 0.717) is 6.42 Å². The second-order valence-corrected chi connectivity index (χ2v) is 4.67. The second kappa shape index (κ2) is 14.0. The van der Waals surface area contributed by atoms with Crippen molar-refractivity contribution in [1.82, 2.24) is 0 Å². The average molecular weight is 252 g/mol. The maximum Gasteiger partial charge on any atom is 0.303 e. The van der Waals surface area contributed by atoms with Gasteiger partial charge in [0.25, 0.3) is 0 Å². The fourth-order valence-corrected chi connectivity index (χ4v) is 1.73. The number of rotatable bonds is 12. The van der Waals surface area contributed by atoms with E-state index in [1.54, 1.807) is 0 Å². The summed E-state index contributed by atoms with van der Waals surface area (Å²) in [6.07, 6.45) is 19.4. The van der Waals surface area contributed by atoms with Gasteiger partial charge in [-0.2, -0.15) is 0 Å². The molecule has 0 saturated heterocycles. The molecule has 0 aliphatic rings. The van der Waals surface area contributed by atoms with Gasteiger partial charge in [-0.25, -0.2) is 0 Å². The molecule has 0 aromatic carbocycles. The third-order valence-electron chi connectivity index (χ3n) is 2.84. The topological polar surface area (TPSA) is 37.3 Å². The van der Waals surface area contributed by atoms with Gasteiger partial charge in [-0.05, 0) is 38.5 Å². The lowest BCUT2D eigenvalue weighted by atomic mass is 10.1. The molecule has 0 aliphatic carbocycles. The number of hydrogen-bond acceptors (Lipinski definition) is 1. The Morgan fingerprint density at radius 3 is 2.06 bits per heavy atom. The van der Waals surface area contributed by atoms with E-state index in [0.717, 1.165) is 32.1 Å². The summed E-state index contributed by atoms with van der Waals surface area (Å²) in [4.78, 5) is 10.3. The molecular weight excluding hydrogens is 224 g/mol. The van der Waals surface area contributed by atoms with Crippen LogP contribution in [-0.2, 0) is 4.79 Å². The molecule has 2 heteroatoms. The van der Waals surface area contributed by atoms with Gasteiger partial charge in [-0.3, -0.25) is 4.79 Å². The highest BCUT2D eigenvalue weighted by atomic mass is 16.4. The van der Waals surface area contributed by atoms with Gasteiger partial charge in [0.2, 0.25) is 0 Å². The maximum atomic E-state index is 10.3. The lowest BCUT2D eigenvalue weighted by molar-refractivity contribution is -0.137. The first kappa shape index (κ1) is 16.9. The smallest absolute Gasteiger partial charge is 0.303 e. The maximum absolute atomic E-state index is 10.3. The fraction of sp³-hybridized carbons (Fsp3) is 0.688. The van der Waals surface area contributed by atoms with E-state index in [-0.39, 0.29) is 0 Å². The molecule has 0 fully saturated rings. The molecule has 0 spiro atoms. The molecular formula is C16H28O2. The summed E-state index contributed by atoms with van der Waals surface area (Å²) in [5, 5.41) is 8.47. The predicted octanol–water partition coefficient (Wildman–Crippen LogP) is 5.10. The molecule has 0 aromatic heterocycles. The highest BCUT2D eigenvalue weighted by Gasteiger charge is 1.94. The minimum atomic E-state index is -0.682. The van der Waals surface area contributed by atoms with Crippen LogP contribution in [-0.4, -0.2) is 11.1 Å². The molecule has 0 atom stereocenters. The minimum absolute atomic E-state index is 0.310. The summed E-state index contributed by atoms with van der Waals surface area (Å²) in [6.45, 7) is 2.23. The summed E-state index contributed by atoms with van der Waals surface area (Å²) in [6, 6.07) is 0. The SMILES string of the molecule is CCCCCC=CCC=CCCCCCC(=O)O. The molecule has 0 unspecified atom stereocenters. The van der Waals surface area contributed by atoms with Crippen LogP contribution in [0.25, 0.3) is 0 Å². The van der Waals surface area contributed by atoms with E-state index >= 15 is 0 Å². The molecule has 0 rings (SSSR count). The van der Waals surface area contributed by atoms with Crippen molar-refractivity contribution in [3.8, 4) is 0 Å². The quantitative estimate of drug-likeness (QED) is 0.387. The summed E-state index contributed by atoms with van der Waals surface area (Å²) in [5.41, 5.74) is 0. The third-order valence-corrected chi connectivity index (χ3v) is 2.84. The van der Waals surface area contributed by atoms with Crippen LogP contribution in [0.15, 0.2) is 24.3 Å². The van der Waals surface area contributed by atoms with Crippen molar-refractivity contribution in [2.24, 2.45) is 0 Å². The molecule has 0 heterocycles. The van der Waals surface area contributed by atoms with Gasteiger partial charge >= 0.3 is 5.97 Å². The summed E-state index contributed by atoms with van der Waals surface area (Å²) in [7, 11) is 0. The van der Waals surface area contributed by atoms with Gasteiger partial charge in [0.15, 0.2) is 0 Å². The Morgan fingerprint density at radius 2 is 1.50 bits per heavy atom. The number of unbranched alkanes of at least 4 members (excludes halogenated alkanes) is 6. The van der Waals surface area contributed by atoms with Crippen molar-refractivity contribution >= 4 is 5.97 Å². The first-order chi connectivity index (χ1) is 8.77. The molecule has 0 saturated carbocycles. The minimum Gasteiger partial charge on any atom is -0.481 e. The number of carboxylic acid groups (broad SMARTS) is 1. The van der Waals surface area contributed by atoms with E-state index in [9.17, 15) is 4.79 Å². The first-order valence-corrected chi connectivity index (χ1v) is 7.29. The van der Waals surface area contributed by atoms with E-state index in [1.807, 2.05) is 0 Å². The molecule has 0 aromatic rings. The monoisotopic (exact) mass is 252 g/mol. The highest BCUT2D eigenvalue weighted by molar-refractivity contribution is 5.66. The molecule has 2 nitrogen and oxygen atoms in total. The fourth-order valence-electron chi connectivity index (χ4n) is 1.73. The van der Waals surface area contributed by atoms with Crippen LogP contribution < -0.4 is 0 Å². The Labute approximate surface area is 112 Å². The highest BCUT2D eigenvalue weighted by Crippen LogP contribution is 2.04. The van der Waals surface area contributed by atoms with Crippen molar-refractivity contribution in [3.63, 3.8) is 0 Å². The van der Waals surface area contributed by atoms with Crippen LogP contribution in [0, 0.1) is 0 Å². The standard InChI is InChI=1S/C16H28O2/c1-2-3-4-5-6-7-8-9-10-11-12-13-14-15-16(17)18/h6-7,9-10H,2-5,8,11-15H2,1H3,(H,17,18). The van der Waals surface area contributed by atoms with Gasteiger partial charge in [0, 0.05) is 6.42 Å². The van der Waals surface area contributed by atoms with Gasteiger partial charge in [0.1, 0.15) is 0 Å². The number of allylic oxidation sites excluding steroid dienone is 4. The van der Waals surface area contributed by atoms with Crippen molar-refractivity contribution in [2.45, 2.75) is 71.1 Å². The zero-order valence-corrected chi connectivity index (χ0v) is 11.7.